The highest BCUT2D eigenvalue weighted by atomic mass is 32.2. The predicted octanol–water partition coefficient (Wildman–Crippen LogP) is 0.876. The average molecular weight is 354 g/mol. The fraction of sp³-hybridized carbons (Fsp3) is 0.500. The van der Waals surface area contributed by atoms with E-state index in [0.717, 1.165) is 4.31 Å². The number of amides is 1. The SMILES string of the molecule is CC1CC(C(=O)O)CN(C(=O)CN(C)S(=O)(=O)c2ccccc2)C1. The largest absolute Gasteiger partial charge is 0.481 e. The van der Waals surface area contributed by atoms with Crippen LogP contribution in [0.15, 0.2) is 35.2 Å². The minimum Gasteiger partial charge on any atom is -0.481 e. The first kappa shape index (κ1) is 18.4. The van der Waals surface area contributed by atoms with Crippen LogP contribution >= 0.6 is 0 Å². The molecule has 1 amide bonds. The Morgan fingerprint density at radius 3 is 2.46 bits per heavy atom. The van der Waals surface area contributed by atoms with Gasteiger partial charge in [-0.25, -0.2) is 8.42 Å². The maximum Gasteiger partial charge on any atom is 0.308 e. The Morgan fingerprint density at radius 2 is 1.88 bits per heavy atom. The van der Waals surface area contributed by atoms with Crippen LogP contribution in [0.4, 0.5) is 0 Å². The van der Waals surface area contributed by atoms with E-state index in [0.29, 0.717) is 13.0 Å². The molecular weight excluding hydrogens is 332 g/mol. The molecule has 0 aromatic heterocycles. The zero-order valence-electron chi connectivity index (χ0n) is 13.8. The highest BCUT2D eigenvalue weighted by molar-refractivity contribution is 7.89. The first-order valence-corrected chi connectivity index (χ1v) is 9.17. The summed E-state index contributed by atoms with van der Waals surface area (Å²) in [6.07, 6.45) is 0.525. The maximum atomic E-state index is 12.4. The number of carboxylic acids is 1. The van der Waals surface area contributed by atoms with Crippen molar-refractivity contribution in [2.75, 3.05) is 26.7 Å². The molecule has 24 heavy (non-hydrogen) atoms. The number of carboxylic acid groups (broad SMARTS) is 1. The highest BCUT2D eigenvalue weighted by Gasteiger charge is 2.33. The van der Waals surface area contributed by atoms with Gasteiger partial charge < -0.3 is 10.0 Å². The molecule has 132 valence electrons. The van der Waals surface area contributed by atoms with Crippen molar-refractivity contribution in [1.82, 2.24) is 9.21 Å². The van der Waals surface area contributed by atoms with Crippen molar-refractivity contribution in [3.05, 3.63) is 30.3 Å². The third-order valence-electron chi connectivity index (χ3n) is 4.17. The van der Waals surface area contributed by atoms with Gasteiger partial charge in [-0.05, 0) is 24.5 Å². The van der Waals surface area contributed by atoms with Crippen molar-refractivity contribution in [1.29, 1.82) is 0 Å². The van der Waals surface area contributed by atoms with E-state index in [1.165, 1.54) is 24.1 Å². The molecule has 2 atom stereocenters. The molecule has 1 fully saturated rings. The van der Waals surface area contributed by atoms with Gasteiger partial charge in [0.15, 0.2) is 0 Å². The molecular formula is C16H22N2O5S. The molecule has 1 aliphatic heterocycles. The van der Waals surface area contributed by atoms with E-state index in [2.05, 4.69) is 0 Å². The van der Waals surface area contributed by atoms with Crippen LogP contribution in [0.2, 0.25) is 0 Å². The monoisotopic (exact) mass is 354 g/mol. The Bertz CT molecular complexity index is 704. The summed E-state index contributed by atoms with van der Waals surface area (Å²) in [6.45, 7) is 2.15. The minimum atomic E-state index is -3.75. The third kappa shape index (κ3) is 4.12. The molecule has 1 heterocycles. The van der Waals surface area contributed by atoms with E-state index in [9.17, 15) is 23.1 Å². The van der Waals surface area contributed by atoms with Gasteiger partial charge in [-0.1, -0.05) is 25.1 Å². The Labute approximate surface area is 141 Å². The average Bonchev–Trinajstić information content (AvgIpc) is 2.54. The summed E-state index contributed by atoms with van der Waals surface area (Å²) >= 11 is 0. The molecule has 1 aromatic carbocycles. The number of aliphatic carboxylic acids is 1. The Hall–Kier alpha value is -1.93. The summed E-state index contributed by atoms with van der Waals surface area (Å²) in [5, 5.41) is 9.17. The molecule has 8 heteroatoms. The van der Waals surface area contributed by atoms with Crippen LogP contribution in [0.1, 0.15) is 13.3 Å². The second kappa shape index (κ2) is 7.31. The summed E-state index contributed by atoms with van der Waals surface area (Å²) < 4.78 is 25.9. The summed E-state index contributed by atoms with van der Waals surface area (Å²) in [4.78, 5) is 25.2. The van der Waals surface area contributed by atoms with Crippen LogP contribution in [0.25, 0.3) is 0 Å². The number of carbonyl (C=O) groups is 2. The molecule has 1 N–H and O–H groups in total. The molecule has 0 radical (unpaired) electrons. The number of hydrogen-bond donors (Lipinski definition) is 1. The van der Waals surface area contributed by atoms with Gasteiger partial charge in [-0.2, -0.15) is 4.31 Å². The quantitative estimate of drug-likeness (QED) is 0.847. The van der Waals surface area contributed by atoms with Crippen LogP contribution in [0, 0.1) is 11.8 Å². The Kier molecular flexibility index (Phi) is 5.61. The number of sulfonamides is 1. The van der Waals surface area contributed by atoms with E-state index in [1.54, 1.807) is 18.2 Å². The first-order chi connectivity index (χ1) is 11.2. The normalized spacial score (nSPS) is 21.7. The van der Waals surface area contributed by atoms with Gasteiger partial charge in [0, 0.05) is 20.1 Å². The van der Waals surface area contributed by atoms with E-state index in [4.69, 9.17) is 0 Å². The molecule has 1 aromatic rings. The number of rotatable bonds is 5. The van der Waals surface area contributed by atoms with Crippen molar-refractivity contribution in [2.24, 2.45) is 11.8 Å². The zero-order chi connectivity index (χ0) is 17.9. The van der Waals surface area contributed by atoms with E-state index in [1.807, 2.05) is 6.92 Å². The summed E-state index contributed by atoms with van der Waals surface area (Å²) in [5.41, 5.74) is 0. The number of likely N-dealkylation sites (N-methyl/N-ethyl adjacent to an activating group) is 1. The number of carbonyl (C=O) groups excluding carboxylic acids is 1. The Morgan fingerprint density at radius 1 is 1.25 bits per heavy atom. The van der Waals surface area contributed by atoms with E-state index < -0.39 is 21.9 Å². The molecule has 0 saturated carbocycles. The van der Waals surface area contributed by atoms with Gasteiger partial charge >= 0.3 is 5.97 Å². The zero-order valence-corrected chi connectivity index (χ0v) is 14.6. The van der Waals surface area contributed by atoms with E-state index >= 15 is 0 Å². The lowest BCUT2D eigenvalue weighted by atomic mass is 9.90. The molecule has 0 spiro atoms. The topological polar surface area (TPSA) is 95.0 Å². The van der Waals surface area contributed by atoms with Gasteiger partial charge in [0.05, 0.1) is 17.4 Å². The first-order valence-electron chi connectivity index (χ1n) is 7.73. The molecule has 2 unspecified atom stereocenters. The molecule has 7 nitrogen and oxygen atoms in total. The number of likely N-dealkylation sites (tertiary alicyclic amines) is 1. The summed E-state index contributed by atoms with van der Waals surface area (Å²) in [5.74, 6) is -1.84. The molecule has 1 saturated heterocycles. The van der Waals surface area contributed by atoms with Crippen molar-refractivity contribution >= 4 is 21.9 Å². The van der Waals surface area contributed by atoms with Crippen LogP contribution in [0.5, 0.6) is 0 Å². The summed E-state index contributed by atoms with van der Waals surface area (Å²) in [7, 11) is -2.40. The van der Waals surface area contributed by atoms with Crippen LogP contribution in [0.3, 0.4) is 0 Å². The summed E-state index contributed by atoms with van der Waals surface area (Å²) in [6, 6.07) is 7.89. The molecule has 0 aliphatic carbocycles. The van der Waals surface area contributed by atoms with Crippen molar-refractivity contribution in [3.8, 4) is 0 Å². The van der Waals surface area contributed by atoms with E-state index in [-0.39, 0.29) is 29.8 Å². The number of piperidine rings is 1. The third-order valence-corrected chi connectivity index (χ3v) is 5.99. The van der Waals surface area contributed by atoms with Crippen molar-refractivity contribution < 1.29 is 23.1 Å². The molecule has 2 rings (SSSR count). The maximum absolute atomic E-state index is 12.4. The number of hydrogen-bond acceptors (Lipinski definition) is 4. The lowest BCUT2D eigenvalue weighted by Gasteiger charge is -2.35. The van der Waals surface area contributed by atoms with Gasteiger partial charge in [-0.3, -0.25) is 9.59 Å². The standard InChI is InChI=1S/C16H22N2O5S/c1-12-8-13(16(20)21)10-18(9-12)15(19)11-17(2)24(22,23)14-6-4-3-5-7-14/h3-7,12-13H,8-11H2,1-2H3,(H,20,21). The number of benzene rings is 1. The molecule has 0 bridgehead atoms. The second-order valence-electron chi connectivity index (χ2n) is 6.25. The van der Waals surface area contributed by atoms with Crippen LogP contribution < -0.4 is 0 Å². The van der Waals surface area contributed by atoms with Crippen LogP contribution in [-0.4, -0.2) is 61.3 Å². The van der Waals surface area contributed by atoms with Gasteiger partial charge in [0.25, 0.3) is 0 Å². The Balaban J connectivity index is 2.07. The van der Waals surface area contributed by atoms with Gasteiger partial charge in [0.2, 0.25) is 15.9 Å². The fourth-order valence-electron chi connectivity index (χ4n) is 2.88. The second-order valence-corrected chi connectivity index (χ2v) is 8.29. The van der Waals surface area contributed by atoms with Crippen molar-refractivity contribution in [3.63, 3.8) is 0 Å². The highest BCUT2D eigenvalue weighted by Crippen LogP contribution is 2.22. The van der Waals surface area contributed by atoms with Gasteiger partial charge in [-0.15, -0.1) is 0 Å². The van der Waals surface area contributed by atoms with Crippen LogP contribution in [-0.2, 0) is 19.6 Å². The van der Waals surface area contributed by atoms with Crippen molar-refractivity contribution in [2.45, 2.75) is 18.2 Å². The van der Waals surface area contributed by atoms with Gasteiger partial charge in [0.1, 0.15) is 0 Å². The predicted molar refractivity (Wildman–Crippen MR) is 87.7 cm³/mol. The lowest BCUT2D eigenvalue weighted by Crippen LogP contribution is -2.49. The molecule has 1 aliphatic rings. The minimum absolute atomic E-state index is 0.0693. The lowest BCUT2D eigenvalue weighted by molar-refractivity contribution is -0.146. The number of nitrogens with zero attached hydrogens (tertiary/aromatic N) is 2. The smallest absolute Gasteiger partial charge is 0.308 e. The fourth-order valence-corrected chi connectivity index (χ4v) is 4.02.